The maximum atomic E-state index is 11.8. The van der Waals surface area contributed by atoms with E-state index in [0.29, 0.717) is 11.5 Å². The number of rotatable bonds is 6. The SMILES string of the molecule is CC(C)Cc1ccc([C@H](O)[C@H](NC(=O)OC(C)(C)C)C(=O)O)cc1. The number of alkyl carbamates (subject to hydrolysis) is 1. The van der Waals surface area contributed by atoms with Crippen LogP contribution < -0.4 is 5.32 Å². The number of carboxylic acids is 1. The largest absolute Gasteiger partial charge is 0.480 e. The van der Waals surface area contributed by atoms with Gasteiger partial charge in [-0.05, 0) is 44.2 Å². The van der Waals surface area contributed by atoms with E-state index in [1.165, 1.54) is 0 Å². The molecule has 0 heterocycles. The maximum Gasteiger partial charge on any atom is 0.408 e. The average Bonchev–Trinajstić information content (AvgIpc) is 2.42. The molecule has 1 rings (SSSR count). The minimum atomic E-state index is -1.49. The van der Waals surface area contributed by atoms with Gasteiger partial charge in [0.1, 0.15) is 11.7 Å². The van der Waals surface area contributed by atoms with Gasteiger partial charge >= 0.3 is 12.1 Å². The summed E-state index contributed by atoms with van der Waals surface area (Å²) in [6.45, 7) is 9.23. The van der Waals surface area contributed by atoms with Crippen LogP contribution in [0.15, 0.2) is 24.3 Å². The van der Waals surface area contributed by atoms with Gasteiger partial charge in [-0.25, -0.2) is 9.59 Å². The molecule has 0 spiro atoms. The molecule has 0 aromatic heterocycles. The molecule has 0 aliphatic carbocycles. The second kappa shape index (κ2) is 8.15. The van der Waals surface area contributed by atoms with E-state index in [9.17, 15) is 19.8 Å². The van der Waals surface area contributed by atoms with Crippen molar-refractivity contribution in [2.45, 2.75) is 58.8 Å². The number of ether oxygens (including phenoxy) is 1. The number of hydrogen-bond donors (Lipinski definition) is 3. The topological polar surface area (TPSA) is 95.9 Å². The average molecular weight is 337 g/mol. The van der Waals surface area contributed by atoms with Crippen LogP contribution in [-0.4, -0.2) is 33.9 Å². The van der Waals surface area contributed by atoms with Crippen molar-refractivity contribution in [2.75, 3.05) is 0 Å². The number of hydrogen-bond acceptors (Lipinski definition) is 4. The van der Waals surface area contributed by atoms with Crippen LogP contribution in [0.1, 0.15) is 51.8 Å². The summed E-state index contributed by atoms with van der Waals surface area (Å²) in [5.41, 5.74) is 0.773. The standard InChI is InChI=1S/C18H27NO5/c1-11(2)10-12-6-8-13(9-7-12)15(20)14(16(21)22)19-17(23)24-18(3,4)5/h6-9,11,14-15,20H,10H2,1-5H3,(H,19,23)(H,21,22)/t14-,15-/m0/s1. The number of nitrogens with one attached hydrogen (secondary N) is 1. The second-order valence-corrected chi connectivity index (χ2v) is 7.25. The molecule has 1 aromatic rings. The Labute approximate surface area is 142 Å². The molecule has 3 N–H and O–H groups in total. The van der Waals surface area contributed by atoms with Gasteiger partial charge in [-0.1, -0.05) is 38.1 Å². The van der Waals surface area contributed by atoms with Crippen molar-refractivity contribution < 1.29 is 24.5 Å². The number of carbonyl (C=O) groups is 2. The first-order chi connectivity index (χ1) is 11.0. The van der Waals surface area contributed by atoms with E-state index in [2.05, 4.69) is 19.2 Å². The number of carboxylic acid groups (broad SMARTS) is 1. The molecule has 1 aromatic carbocycles. The number of carbonyl (C=O) groups excluding carboxylic acids is 1. The molecule has 0 fully saturated rings. The van der Waals surface area contributed by atoms with Crippen LogP contribution in [0.4, 0.5) is 4.79 Å². The van der Waals surface area contributed by atoms with Crippen molar-refractivity contribution in [3.63, 3.8) is 0 Å². The predicted octanol–water partition coefficient (Wildman–Crippen LogP) is 2.90. The Morgan fingerprint density at radius 1 is 1.17 bits per heavy atom. The fourth-order valence-electron chi connectivity index (χ4n) is 2.22. The number of benzene rings is 1. The first-order valence-electron chi connectivity index (χ1n) is 7.99. The van der Waals surface area contributed by atoms with E-state index in [0.717, 1.165) is 12.0 Å². The van der Waals surface area contributed by atoms with Gasteiger partial charge in [0.15, 0.2) is 6.04 Å². The molecule has 6 heteroatoms. The monoisotopic (exact) mass is 337 g/mol. The lowest BCUT2D eigenvalue weighted by molar-refractivity contribution is -0.142. The van der Waals surface area contributed by atoms with Gasteiger partial charge in [-0.3, -0.25) is 0 Å². The Morgan fingerprint density at radius 3 is 2.12 bits per heavy atom. The van der Waals surface area contributed by atoms with Gasteiger partial charge in [0.05, 0.1) is 0 Å². The lowest BCUT2D eigenvalue weighted by Gasteiger charge is -2.24. The lowest BCUT2D eigenvalue weighted by Crippen LogP contribution is -2.46. The minimum Gasteiger partial charge on any atom is -0.480 e. The molecule has 24 heavy (non-hydrogen) atoms. The van der Waals surface area contributed by atoms with Gasteiger partial charge in [0.25, 0.3) is 0 Å². The summed E-state index contributed by atoms with van der Waals surface area (Å²) >= 11 is 0. The van der Waals surface area contributed by atoms with Gasteiger partial charge in [0.2, 0.25) is 0 Å². The number of aliphatic hydroxyl groups is 1. The molecule has 2 atom stereocenters. The molecule has 0 bridgehead atoms. The smallest absolute Gasteiger partial charge is 0.408 e. The van der Waals surface area contributed by atoms with Crippen LogP contribution >= 0.6 is 0 Å². The van der Waals surface area contributed by atoms with Crippen molar-refractivity contribution in [1.82, 2.24) is 5.32 Å². The van der Waals surface area contributed by atoms with Crippen LogP contribution in [0.5, 0.6) is 0 Å². The molecule has 0 aliphatic rings. The Morgan fingerprint density at radius 2 is 1.71 bits per heavy atom. The third-order valence-electron chi connectivity index (χ3n) is 3.22. The summed E-state index contributed by atoms with van der Waals surface area (Å²) in [4.78, 5) is 23.2. The molecule has 0 unspecified atom stereocenters. The van der Waals surface area contributed by atoms with Crippen molar-refractivity contribution in [1.29, 1.82) is 0 Å². The van der Waals surface area contributed by atoms with E-state index in [1.807, 2.05) is 12.1 Å². The van der Waals surface area contributed by atoms with E-state index >= 15 is 0 Å². The highest BCUT2D eigenvalue weighted by Crippen LogP contribution is 2.20. The maximum absolute atomic E-state index is 11.8. The van der Waals surface area contributed by atoms with Gasteiger partial charge in [0, 0.05) is 0 Å². The van der Waals surface area contributed by atoms with Gasteiger partial charge < -0.3 is 20.3 Å². The highest BCUT2D eigenvalue weighted by molar-refractivity contribution is 5.80. The summed E-state index contributed by atoms with van der Waals surface area (Å²) in [6, 6.07) is 5.57. The Bertz CT molecular complexity index is 560. The highest BCUT2D eigenvalue weighted by Gasteiger charge is 2.31. The molecule has 6 nitrogen and oxygen atoms in total. The fourth-order valence-corrected chi connectivity index (χ4v) is 2.22. The zero-order valence-corrected chi connectivity index (χ0v) is 14.9. The van der Waals surface area contributed by atoms with Crippen LogP contribution in [0.3, 0.4) is 0 Å². The molecular weight excluding hydrogens is 310 g/mol. The fraction of sp³-hybridized carbons (Fsp3) is 0.556. The zero-order chi connectivity index (χ0) is 18.5. The quantitative estimate of drug-likeness (QED) is 0.742. The summed E-state index contributed by atoms with van der Waals surface area (Å²) in [7, 11) is 0. The second-order valence-electron chi connectivity index (χ2n) is 7.25. The zero-order valence-electron chi connectivity index (χ0n) is 14.9. The van der Waals surface area contributed by atoms with E-state index < -0.39 is 29.8 Å². The lowest BCUT2D eigenvalue weighted by atomic mass is 9.97. The first-order valence-corrected chi connectivity index (χ1v) is 7.99. The van der Waals surface area contributed by atoms with E-state index in [4.69, 9.17) is 4.74 Å². The molecule has 0 saturated heterocycles. The Hall–Kier alpha value is -2.08. The number of aliphatic hydroxyl groups excluding tert-OH is 1. The third kappa shape index (κ3) is 6.58. The Balaban J connectivity index is 2.84. The molecule has 134 valence electrons. The summed E-state index contributed by atoms with van der Waals surface area (Å²) < 4.78 is 5.04. The summed E-state index contributed by atoms with van der Waals surface area (Å²) in [5.74, 6) is -0.832. The van der Waals surface area contributed by atoms with Crippen LogP contribution in [0, 0.1) is 5.92 Å². The van der Waals surface area contributed by atoms with Crippen LogP contribution in [0.25, 0.3) is 0 Å². The first kappa shape index (κ1) is 20.0. The van der Waals surface area contributed by atoms with Crippen LogP contribution in [-0.2, 0) is 16.0 Å². The van der Waals surface area contributed by atoms with E-state index in [1.54, 1.807) is 32.9 Å². The minimum absolute atomic E-state index is 0.422. The molecule has 0 aliphatic heterocycles. The number of amides is 1. The highest BCUT2D eigenvalue weighted by atomic mass is 16.6. The predicted molar refractivity (Wildman–Crippen MR) is 90.7 cm³/mol. The van der Waals surface area contributed by atoms with Crippen molar-refractivity contribution in [3.05, 3.63) is 35.4 Å². The third-order valence-corrected chi connectivity index (χ3v) is 3.22. The van der Waals surface area contributed by atoms with Crippen molar-refractivity contribution >= 4 is 12.1 Å². The molecule has 0 radical (unpaired) electrons. The molecule has 1 amide bonds. The molecule has 0 saturated carbocycles. The summed E-state index contributed by atoms with van der Waals surface area (Å²) in [5, 5.41) is 21.8. The van der Waals surface area contributed by atoms with Crippen LogP contribution in [0.2, 0.25) is 0 Å². The van der Waals surface area contributed by atoms with Gasteiger partial charge in [-0.15, -0.1) is 0 Å². The number of aliphatic carboxylic acids is 1. The van der Waals surface area contributed by atoms with Crippen molar-refractivity contribution in [3.8, 4) is 0 Å². The van der Waals surface area contributed by atoms with Gasteiger partial charge in [-0.2, -0.15) is 0 Å². The van der Waals surface area contributed by atoms with Crippen molar-refractivity contribution in [2.24, 2.45) is 5.92 Å². The Kier molecular flexibility index (Phi) is 6.78. The van der Waals surface area contributed by atoms with E-state index in [-0.39, 0.29) is 0 Å². The normalized spacial score (nSPS) is 14.1. The molecular formula is C18H27NO5. The summed E-state index contributed by atoms with van der Waals surface area (Å²) in [6.07, 6.45) is -1.36.